The van der Waals surface area contributed by atoms with Gasteiger partial charge in [0.15, 0.2) is 5.66 Å². The second-order valence-corrected chi connectivity index (χ2v) is 8.75. The van der Waals surface area contributed by atoms with E-state index >= 15 is 0 Å². The molecule has 1 aliphatic rings. The van der Waals surface area contributed by atoms with Crippen molar-refractivity contribution in [2.45, 2.75) is 84.3 Å². The molecule has 2 rings (SSSR count). The van der Waals surface area contributed by atoms with E-state index in [1.807, 2.05) is 26.0 Å². The van der Waals surface area contributed by atoms with Crippen LogP contribution < -0.4 is 20.7 Å². The number of unbranched alkanes of at least 4 members (excludes halogenated alkanes) is 7. The van der Waals surface area contributed by atoms with E-state index in [0.717, 1.165) is 24.2 Å². The molecular formula is C25H41N5O5. The predicted molar refractivity (Wildman–Crippen MR) is 138 cm³/mol. The summed E-state index contributed by atoms with van der Waals surface area (Å²) in [5.74, 6) is -1.24. The Morgan fingerprint density at radius 1 is 0.886 bits per heavy atom. The highest BCUT2D eigenvalue weighted by Crippen LogP contribution is 2.14. The van der Waals surface area contributed by atoms with Gasteiger partial charge in [0.2, 0.25) is 11.9 Å². The van der Waals surface area contributed by atoms with Gasteiger partial charge in [-0.2, -0.15) is 0 Å². The molecule has 0 fully saturated rings. The molecule has 0 aliphatic carbocycles. The van der Waals surface area contributed by atoms with E-state index in [1.165, 1.54) is 56.9 Å². The predicted octanol–water partition coefficient (Wildman–Crippen LogP) is 3.72. The van der Waals surface area contributed by atoms with Crippen LogP contribution in [0.2, 0.25) is 0 Å². The molecule has 10 nitrogen and oxygen atoms in total. The van der Waals surface area contributed by atoms with E-state index in [-0.39, 0.29) is 0 Å². The molecule has 0 amide bonds. The first-order chi connectivity index (χ1) is 16.7. The summed E-state index contributed by atoms with van der Waals surface area (Å²) in [7, 11) is 1.68. The second-order valence-electron chi connectivity index (χ2n) is 8.75. The Morgan fingerprint density at radius 2 is 1.40 bits per heavy atom. The molecule has 0 bridgehead atoms. The highest BCUT2D eigenvalue weighted by molar-refractivity contribution is 6.27. The number of hydrogen-bond donors (Lipinski definition) is 5. The Morgan fingerprint density at radius 3 is 1.91 bits per heavy atom. The number of guanidine groups is 2. The quantitative estimate of drug-likeness (QED) is 0.220. The zero-order chi connectivity index (χ0) is 26.1. The number of hydrogen-bond acceptors (Lipinski definition) is 8. The third kappa shape index (κ3) is 13.9. The van der Waals surface area contributed by atoms with Crippen molar-refractivity contribution in [1.82, 2.24) is 16.0 Å². The fraction of sp³-hybridized carbons (Fsp3) is 0.600. The number of carbonyl (C=O) groups is 2. The van der Waals surface area contributed by atoms with Crippen LogP contribution in [0.5, 0.6) is 5.75 Å². The van der Waals surface area contributed by atoms with Crippen LogP contribution in [-0.2, 0) is 16.1 Å². The summed E-state index contributed by atoms with van der Waals surface area (Å²) >= 11 is 0. The van der Waals surface area contributed by atoms with Crippen LogP contribution in [0.25, 0.3) is 0 Å². The van der Waals surface area contributed by atoms with Gasteiger partial charge in [0, 0.05) is 13.1 Å². The van der Waals surface area contributed by atoms with Crippen molar-refractivity contribution >= 4 is 23.9 Å². The fourth-order valence-corrected chi connectivity index (χ4v) is 3.30. The van der Waals surface area contributed by atoms with E-state index in [0.29, 0.717) is 6.54 Å². The van der Waals surface area contributed by atoms with Gasteiger partial charge >= 0.3 is 11.9 Å². The lowest BCUT2D eigenvalue weighted by Gasteiger charge is -2.26. The fourth-order valence-electron chi connectivity index (χ4n) is 3.30. The molecule has 196 valence electrons. The molecule has 1 aromatic rings. The van der Waals surface area contributed by atoms with E-state index in [1.54, 1.807) is 7.11 Å². The van der Waals surface area contributed by atoms with Crippen molar-refractivity contribution in [3.63, 3.8) is 0 Å². The van der Waals surface area contributed by atoms with Crippen LogP contribution in [0.1, 0.15) is 77.7 Å². The summed E-state index contributed by atoms with van der Waals surface area (Å²) in [5.41, 5.74) is 0.693. The third-order valence-corrected chi connectivity index (χ3v) is 5.13. The Balaban J connectivity index is 0.000000905. The molecule has 0 saturated carbocycles. The first-order valence-corrected chi connectivity index (χ1v) is 12.2. The minimum atomic E-state index is -1.82. The van der Waals surface area contributed by atoms with Crippen molar-refractivity contribution in [3.8, 4) is 5.75 Å². The molecule has 1 aromatic carbocycles. The summed E-state index contributed by atoms with van der Waals surface area (Å²) in [4.78, 5) is 27.5. The van der Waals surface area contributed by atoms with E-state index in [4.69, 9.17) is 24.5 Å². The zero-order valence-electron chi connectivity index (χ0n) is 21.4. The van der Waals surface area contributed by atoms with Gasteiger partial charge in [-0.25, -0.2) is 19.6 Å². The monoisotopic (exact) mass is 491 g/mol. The van der Waals surface area contributed by atoms with Gasteiger partial charge in [-0.3, -0.25) is 5.32 Å². The number of nitrogens with zero attached hydrogens (tertiary/aromatic N) is 2. The normalized spacial score (nSPS) is 13.8. The maximum atomic E-state index is 9.10. The van der Waals surface area contributed by atoms with Crippen LogP contribution >= 0.6 is 0 Å². The van der Waals surface area contributed by atoms with Gasteiger partial charge < -0.3 is 25.6 Å². The van der Waals surface area contributed by atoms with Crippen LogP contribution in [0.15, 0.2) is 34.3 Å². The molecule has 0 unspecified atom stereocenters. The van der Waals surface area contributed by atoms with Crippen LogP contribution in [0, 0.1) is 0 Å². The van der Waals surface area contributed by atoms with Crippen molar-refractivity contribution in [2.24, 2.45) is 9.98 Å². The van der Waals surface area contributed by atoms with Crippen LogP contribution in [0.3, 0.4) is 0 Å². The number of aliphatic imine (C=N–C) groups is 2. The first-order valence-electron chi connectivity index (χ1n) is 12.2. The van der Waals surface area contributed by atoms with Gasteiger partial charge in [0.1, 0.15) is 5.75 Å². The number of methoxy groups -OCH3 is 1. The average molecular weight is 492 g/mol. The minimum absolute atomic E-state index is 0.477. The lowest BCUT2D eigenvalue weighted by Crippen LogP contribution is -2.51. The third-order valence-electron chi connectivity index (χ3n) is 5.13. The molecular weight excluding hydrogens is 450 g/mol. The maximum Gasteiger partial charge on any atom is 0.414 e. The zero-order valence-corrected chi connectivity index (χ0v) is 21.4. The second kappa shape index (κ2) is 16.3. The molecule has 0 aromatic heterocycles. The van der Waals surface area contributed by atoms with Gasteiger partial charge in [-0.15, -0.1) is 0 Å². The molecule has 5 N–H and O–H groups in total. The Kier molecular flexibility index (Phi) is 13.9. The smallest absolute Gasteiger partial charge is 0.414 e. The molecule has 35 heavy (non-hydrogen) atoms. The lowest BCUT2D eigenvalue weighted by atomic mass is 10.1. The van der Waals surface area contributed by atoms with Crippen molar-refractivity contribution < 1.29 is 24.5 Å². The van der Waals surface area contributed by atoms with Crippen molar-refractivity contribution in [1.29, 1.82) is 0 Å². The van der Waals surface area contributed by atoms with Crippen LogP contribution in [0.4, 0.5) is 0 Å². The topological polar surface area (TPSA) is 145 Å². The summed E-state index contributed by atoms with van der Waals surface area (Å²) in [6.45, 7) is 7.92. The number of ether oxygens (including phenoxy) is 1. The highest BCUT2D eigenvalue weighted by atomic mass is 16.5. The van der Waals surface area contributed by atoms with E-state index < -0.39 is 17.6 Å². The minimum Gasteiger partial charge on any atom is -0.497 e. The number of rotatable bonds is 12. The van der Waals surface area contributed by atoms with E-state index in [2.05, 4.69) is 45.0 Å². The van der Waals surface area contributed by atoms with Gasteiger partial charge in [-0.05, 0) is 38.0 Å². The van der Waals surface area contributed by atoms with Crippen LogP contribution in [-0.4, -0.2) is 53.4 Å². The lowest BCUT2D eigenvalue weighted by molar-refractivity contribution is -0.159. The summed E-state index contributed by atoms with van der Waals surface area (Å²) in [6.07, 6.45) is 10.6. The Labute approximate surface area is 208 Å². The largest absolute Gasteiger partial charge is 0.497 e. The Bertz CT molecular complexity index is 825. The van der Waals surface area contributed by atoms with Crippen molar-refractivity contribution in [3.05, 3.63) is 29.8 Å². The maximum absolute atomic E-state index is 9.10. The van der Waals surface area contributed by atoms with Crippen molar-refractivity contribution in [2.75, 3.05) is 13.7 Å². The standard InChI is InChI=1S/C23H39N5O.C2H2O4/c1-5-6-7-8-9-10-11-12-17-24-21-26-22(28-23(2,3)27-21)25-18-19-13-15-20(29-4)16-14-19;3-1(4)2(5)6/h13-16H,5-12,17-18H2,1-4H3,(H3,24,25,26,27,28);(H,3,4)(H,5,6). The van der Waals surface area contributed by atoms with E-state index in [9.17, 15) is 0 Å². The molecule has 1 aliphatic heterocycles. The van der Waals surface area contributed by atoms with Gasteiger partial charge in [0.05, 0.1) is 7.11 Å². The highest BCUT2D eigenvalue weighted by Gasteiger charge is 2.22. The summed E-state index contributed by atoms with van der Waals surface area (Å²) in [5, 5.41) is 24.9. The number of carboxylic acid groups (broad SMARTS) is 2. The summed E-state index contributed by atoms with van der Waals surface area (Å²) in [6, 6.07) is 8.04. The molecule has 1 heterocycles. The molecule has 0 radical (unpaired) electrons. The molecule has 0 saturated heterocycles. The van der Waals surface area contributed by atoms with Gasteiger partial charge in [-0.1, -0.05) is 64.0 Å². The Hall–Kier alpha value is -3.30. The number of aliphatic carboxylic acids is 2. The van der Waals surface area contributed by atoms with Gasteiger partial charge in [0.25, 0.3) is 0 Å². The first kappa shape index (κ1) is 29.7. The summed E-state index contributed by atoms with van der Waals surface area (Å²) < 4.78 is 5.21. The number of nitrogens with one attached hydrogen (secondary N) is 3. The number of carboxylic acids is 2. The number of benzene rings is 1. The molecule has 0 spiro atoms. The SMILES string of the molecule is CCCCCCCCCCNC1=NC(C)(C)N=C(NCc2ccc(OC)cc2)N1.O=C(O)C(=O)O. The molecule has 0 atom stereocenters. The molecule has 10 heteroatoms. The average Bonchev–Trinajstić information content (AvgIpc) is 2.81.